The number of thiocarbonyl (C=S) groups is 1. The van der Waals surface area contributed by atoms with E-state index < -0.39 is 0 Å². The monoisotopic (exact) mass is 525 g/mol. The van der Waals surface area contributed by atoms with Gasteiger partial charge in [-0.15, -0.1) is 0 Å². The van der Waals surface area contributed by atoms with E-state index in [0.29, 0.717) is 22.4 Å². The van der Waals surface area contributed by atoms with Crippen LogP contribution < -0.4 is 4.74 Å². The van der Waals surface area contributed by atoms with Gasteiger partial charge < -0.3 is 4.74 Å². The van der Waals surface area contributed by atoms with Crippen LogP contribution in [0.2, 0.25) is 0 Å². The van der Waals surface area contributed by atoms with E-state index in [1.54, 1.807) is 4.90 Å². The Morgan fingerprint density at radius 3 is 2.38 bits per heavy atom. The lowest BCUT2D eigenvalue weighted by atomic mass is 10.1. The second-order valence-corrected chi connectivity index (χ2v) is 10.4. The van der Waals surface area contributed by atoms with Gasteiger partial charge in [0.1, 0.15) is 16.7 Å². The molecule has 0 N–H and O–H groups in total. The predicted molar refractivity (Wildman–Crippen MR) is 155 cm³/mol. The van der Waals surface area contributed by atoms with E-state index in [1.165, 1.54) is 11.8 Å². The van der Waals surface area contributed by atoms with E-state index in [0.717, 1.165) is 46.7 Å². The normalized spacial score (nSPS) is 14.5. The van der Waals surface area contributed by atoms with Crippen molar-refractivity contribution in [1.82, 2.24) is 14.7 Å². The Labute approximate surface area is 226 Å². The molecule has 0 atom stereocenters. The summed E-state index contributed by atoms with van der Waals surface area (Å²) >= 11 is 6.85. The fraction of sp³-hybridized carbons (Fsp3) is 0.167. The topological polar surface area (TPSA) is 47.4 Å². The summed E-state index contributed by atoms with van der Waals surface area (Å²) in [5.74, 6) is 0.750. The third-order valence-corrected chi connectivity index (χ3v) is 7.41. The van der Waals surface area contributed by atoms with E-state index in [9.17, 15) is 4.79 Å². The molecule has 0 unspecified atom stereocenters. The van der Waals surface area contributed by atoms with E-state index in [1.807, 2.05) is 102 Å². The van der Waals surface area contributed by atoms with Crippen LogP contribution in [0.3, 0.4) is 0 Å². The maximum Gasteiger partial charge on any atom is 0.266 e. The molecular weight excluding hydrogens is 498 g/mol. The van der Waals surface area contributed by atoms with Crippen LogP contribution in [0.5, 0.6) is 5.75 Å². The Morgan fingerprint density at radius 1 is 0.973 bits per heavy atom. The fourth-order valence-corrected chi connectivity index (χ4v) is 5.33. The first-order valence-electron chi connectivity index (χ1n) is 12.3. The molecule has 1 aliphatic heterocycles. The molecular formula is C30H27N3O2S2. The summed E-state index contributed by atoms with van der Waals surface area (Å²) in [6.45, 7) is 3.27. The highest BCUT2D eigenvalue weighted by molar-refractivity contribution is 8.26. The van der Waals surface area contributed by atoms with Crippen molar-refractivity contribution in [3.05, 3.63) is 107 Å². The zero-order valence-electron chi connectivity index (χ0n) is 20.5. The molecule has 7 heteroatoms. The SMILES string of the molecule is CCCCN1C(=O)C(=Cc2cn(-c3ccccc3)nc2-c2ccc(OCc3ccccc3)cc2)SC1=S. The largest absolute Gasteiger partial charge is 0.489 e. The van der Waals surface area contributed by atoms with Crippen LogP contribution in [0.1, 0.15) is 30.9 Å². The summed E-state index contributed by atoms with van der Waals surface area (Å²) in [6, 6.07) is 27.9. The summed E-state index contributed by atoms with van der Waals surface area (Å²) in [5.41, 5.74) is 4.65. The van der Waals surface area contributed by atoms with Crippen LogP contribution in [0.4, 0.5) is 0 Å². The number of nitrogens with zero attached hydrogens (tertiary/aromatic N) is 3. The lowest BCUT2D eigenvalue weighted by Crippen LogP contribution is -2.28. The molecule has 0 aliphatic carbocycles. The zero-order valence-corrected chi connectivity index (χ0v) is 22.2. The van der Waals surface area contributed by atoms with Crippen molar-refractivity contribution in [1.29, 1.82) is 0 Å². The number of benzene rings is 3. The Balaban J connectivity index is 1.44. The highest BCUT2D eigenvalue weighted by atomic mass is 32.2. The molecule has 0 bridgehead atoms. The number of carbonyl (C=O) groups is 1. The second kappa shape index (κ2) is 11.6. The molecule has 5 rings (SSSR count). The van der Waals surface area contributed by atoms with E-state index >= 15 is 0 Å². The number of para-hydroxylation sites is 1. The Bertz CT molecular complexity index is 1410. The van der Waals surface area contributed by atoms with Crippen LogP contribution in [0.15, 0.2) is 96.0 Å². The third kappa shape index (κ3) is 5.84. The minimum atomic E-state index is -0.0356. The van der Waals surface area contributed by atoms with Gasteiger partial charge in [0.15, 0.2) is 0 Å². The molecule has 37 heavy (non-hydrogen) atoms. The summed E-state index contributed by atoms with van der Waals surface area (Å²) < 4.78 is 8.42. The number of hydrogen-bond acceptors (Lipinski definition) is 5. The van der Waals surface area contributed by atoms with E-state index in [2.05, 4.69) is 6.92 Å². The average molecular weight is 526 g/mol. The quantitative estimate of drug-likeness (QED) is 0.172. The predicted octanol–water partition coefficient (Wildman–Crippen LogP) is 7.12. The maximum absolute atomic E-state index is 13.1. The van der Waals surface area contributed by atoms with Gasteiger partial charge in [0.2, 0.25) is 0 Å². The number of amides is 1. The number of unbranched alkanes of at least 4 members (excludes halogenated alkanes) is 1. The smallest absolute Gasteiger partial charge is 0.266 e. The van der Waals surface area contributed by atoms with Crippen LogP contribution in [-0.4, -0.2) is 31.5 Å². The van der Waals surface area contributed by atoms with Gasteiger partial charge in [-0.1, -0.05) is 85.9 Å². The zero-order chi connectivity index (χ0) is 25.6. The fourth-order valence-electron chi connectivity index (χ4n) is 4.03. The van der Waals surface area contributed by atoms with Crippen molar-refractivity contribution < 1.29 is 9.53 Å². The number of aromatic nitrogens is 2. The van der Waals surface area contributed by atoms with Crippen LogP contribution in [-0.2, 0) is 11.4 Å². The number of ether oxygens (including phenoxy) is 1. The minimum absolute atomic E-state index is 0.0356. The van der Waals surface area contributed by atoms with Gasteiger partial charge in [-0.2, -0.15) is 5.10 Å². The molecule has 5 nitrogen and oxygen atoms in total. The highest BCUT2D eigenvalue weighted by Gasteiger charge is 2.31. The molecule has 2 heterocycles. The number of thioether (sulfide) groups is 1. The minimum Gasteiger partial charge on any atom is -0.489 e. The molecule has 1 fully saturated rings. The lowest BCUT2D eigenvalue weighted by Gasteiger charge is -2.12. The van der Waals surface area contributed by atoms with Crippen LogP contribution >= 0.6 is 24.0 Å². The van der Waals surface area contributed by atoms with Gasteiger partial charge in [0, 0.05) is 23.9 Å². The van der Waals surface area contributed by atoms with Gasteiger partial charge in [-0.05, 0) is 54.5 Å². The molecule has 0 spiro atoms. The maximum atomic E-state index is 13.1. The van der Waals surface area contributed by atoms with E-state index in [4.69, 9.17) is 22.1 Å². The van der Waals surface area contributed by atoms with Crippen molar-refractivity contribution in [2.45, 2.75) is 26.4 Å². The molecule has 186 valence electrons. The first-order valence-corrected chi connectivity index (χ1v) is 13.5. The number of rotatable bonds is 9. The third-order valence-electron chi connectivity index (χ3n) is 6.03. The average Bonchev–Trinajstić information content (AvgIpc) is 3.48. The lowest BCUT2D eigenvalue weighted by molar-refractivity contribution is -0.122. The highest BCUT2D eigenvalue weighted by Crippen LogP contribution is 2.35. The molecule has 1 aliphatic rings. The summed E-state index contributed by atoms with van der Waals surface area (Å²) in [7, 11) is 0. The Kier molecular flexibility index (Phi) is 7.82. The van der Waals surface area contributed by atoms with Crippen LogP contribution in [0.25, 0.3) is 23.0 Å². The van der Waals surface area contributed by atoms with Gasteiger partial charge in [-0.25, -0.2) is 4.68 Å². The number of carbonyl (C=O) groups excluding carboxylic acids is 1. The molecule has 0 radical (unpaired) electrons. The van der Waals surface area contributed by atoms with Gasteiger partial charge in [-0.3, -0.25) is 9.69 Å². The van der Waals surface area contributed by atoms with Crippen molar-refractivity contribution in [2.75, 3.05) is 6.54 Å². The molecule has 1 amide bonds. The second-order valence-electron chi connectivity index (χ2n) is 8.70. The van der Waals surface area contributed by atoms with Crippen molar-refractivity contribution in [2.24, 2.45) is 0 Å². The van der Waals surface area contributed by atoms with Gasteiger partial charge in [0.05, 0.1) is 16.3 Å². The van der Waals surface area contributed by atoms with Gasteiger partial charge in [0.25, 0.3) is 5.91 Å². The van der Waals surface area contributed by atoms with E-state index in [-0.39, 0.29) is 5.91 Å². The molecule has 1 aromatic heterocycles. The number of hydrogen-bond donors (Lipinski definition) is 0. The Hall–Kier alpha value is -3.68. The summed E-state index contributed by atoms with van der Waals surface area (Å²) in [5, 5.41) is 4.89. The Morgan fingerprint density at radius 2 is 1.68 bits per heavy atom. The first-order chi connectivity index (χ1) is 18.1. The molecule has 1 saturated heterocycles. The van der Waals surface area contributed by atoms with Crippen molar-refractivity contribution >= 4 is 40.3 Å². The van der Waals surface area contributed by atoms with Gasteiger partial charge >= 0.3 is 0 Å². The molecule has 4 aromatic rings. The molecule has 3 aromatic carbocycles. The summed E-state index contributed by atoms with van der Waals surface area (Å²) in [4.78, 5) is 15.4. The van der Waals surface area contributed by atoms with Crippen LogP contribution in [0, 0.1) is 0 Å². The molecule has 0 saturated carbocycles. The van der Waals surface area contributed by atoms with Crippen molar-refractivity contribution in [3.63, 3.8) is 0 Å². The summed E-state index contributed by atoms with van der Waals surface area (Å²) in [6.07, 6.45) is 5.81. The first kappa shape index (κ1) is 25.0. The standard InChI is InChI=1S/C30H27N3O2S2/c1-2-3-18-32-29(34)27(37-30(32)36)19-24-20-33(25-12-8-5-9-13-25)31-28(24)23-14-16-26(17-15-23)35-21-22-10-6-4-7-11-22/h4-17,19-20H,2-3,18,21H2,1H3. The van der Waals surface area contributed by atoms with Crippen molar-refractivity contribution in [3.8, 4) is 22.7 Å².